The summed E-state index contributed by atoms with van der Waals surface area (Å²) in [5, 5.41) is 11.1. The molecule has 1 aromatic carbocycles. The second-order valence-corrected chi connectivity index (χ2v) is 6.37. The van der Waals surface area contributed by atoms with Crippen LogP contribution in [-0.4, -0.2) is 5.11 Å². The standard InChI is InChI=1S/C14H18ClFO/c1-9-7-13(2,3)8-14(9,17)12-10(15)5-4-6-11(12)16/h4-6,9,17H,7-8H2,1-3H3. The van der Waals surface area contributed by atoms with Gasteiger partial charge in [-0.2, -0.15) is 0 Å². The Labute approximate surface area is 107 Å². The van der Waals surface area contributed by atoms with Gasteiger partial charge in [-0.25, -0.2) is 4.39 Å². The molecule has 94 valence electrons. The first-order valence-electron chi connectivity index (χ1n) is 5.93. The SMILES string of the molecule is CC1CC(C)(C)CC1(O)c1c(F)cccc1Cl. The fourth-order valence-corrected chi connectivity index (χ4v) is 3.55. The van der Waals surface area contributed by atoms with Crippen molar-refractivity contribution < 1.29 is 9.50 Å². The lowest BCUT2D eigenvalue weighted by atomic mass is 9.83. The highest BCUT2D eigenvalue weighted by atomic mass is 35.5. The third-order valence-electron chi connectivity index (χ3n) is 3.82. The van der Waals surface area contributed by atoms with Crippen LogP contribution in [-0.2, 0) is 5.60 Å². The molecule has 1 fully saturated rings. The summed E-state index contributed by atoms with van der Waals surface area (Å²) in [5.41, 5.74) is -0.870. The Morgan fingerprint density at radius 1 is 1.41 bits per heavy atom. The molecule has 0 aromatic heterocycles. The summed E-state index contributed by atoms with van der Waals surface area (Å²) in [6, 6.07) is 4.56. The van der Waals surface area contributed by atoms with Gasteiger partial charge in [-0.3, -0.25) is 0 Å². The van der Waals surface area contributed by atoms with Crippen LogP contribution in [0.2, 0.25) is 5.02 Å². The topological polar surface area (TPSA) is 20.2 Å². The van der Waals surface area contributed by atoms with E-state index in [0.29, 0.717) is 11.4 Å². The molecule has 1 aliphatic carbocycles. The van der Waals surface area contributed by atoms with Gasteiger partial charge in [-0.15, -0.1) is 0 Å². The molecule has 0 amide bonds. The Balaban J connectivity index is 2.53. The van der Waals surface area contributed by atoms with E-state index in [1.54, 1.807) is 12.1 Å². The normalized spacial score (nSPS) is 31.8. The molecule has 1 saturated carbocycles. The highest BCUT2D eigenvalue weighted by molar-refractivity contribution is 6.31. The molecule has 0 radical (unpaired) electrons. The second-order valence-electron chi connectivity index (χ2n) is 5.97. The minimum absolute atomic E-state index is 0.00639. The van der Waals surface area contributed by atoms with E-state index in [4.69, 9.17) is 11.6 Å². The summed E-state index contributed by atoms with van der Waals surface area (Å²) in [4.78, 5) is 0. The Bertz CT molecular complexity index is 424. The predicted molar refractivity (Wildman–Crippen MR) is 67.5 cm³/mol. The minimum atomic E-state index is -1.15. The van der Waals surface area contributed by atoms with E-state index in [1.807, 2.05) is 6.92 Å². The van der Waals surface area contributed by atoms with Crippen LogP contribution in [0.5, 0.6) is 0 Å². The third kappa shape index (κ3) is 2.09. The van der Waals surface area contributed by atoms with Crippen molar-refractivity contribution in [1.82, 2.24) is 0 Å². The molecule has 1 N–H and O–H groups in total. The molecular weight excluding hydrogens is 239 g/mol. The monoisotopic (exact) mass is 256 g/mol. The van der Waals surface area contributed by atoms with Gasteiger partial charge < -0.3 is 5.11 Å². The van der Waals surface area contributed by atoms with Crippen molar-refractivity contribution in [2.75, 3.05) is 0 Å². The maximum absolute atomic E-state index is 13.9. The Morgan fingerprint density at radius 3 is 2.53 bits per heavy atom. The summed E-state index contributed by atoms with van der Waals surface area (Å²) in [7, 11) is 0. The van der Waals surface area contributed by atoms with Crippen LogP contribution >= 0.6 is 11.6 Å². The van der Waals surface area contributed by atoms with E-state index in [0.717, 1.165) is 6.42 Å². The number of hydrogen-bond donors (Lipinski definition) is 1. The largest absolute Gasteiger partial charge is 0.385 e. The lowest BCUT2D eigenvalue weighted by molar-refractivity contribution is -0.00394. The number of aliphatic hydroxyl groups is 1. The Hall–Kier alpha value is -0.600. The molecule has 0 spiro atoms. The van der Waals surface area contributed by atoms with Gasteiger partial charge in [0.1, 0.15) is 5.82 Å². The molecule has 1 aliphatic rings. The fourth-order valence-electron chi connectivity index (χ4n) is 3.22. The van der Waals surface area contributed by atoms with Crippen molar-refractivity contribution in [1.29, 1.82) is 0 Å². The van der Waals surface area contributed by atoms with Crippen LogP contribution in [0.3, 0.4) is 0 Å². The van der Waals surface area contributed by atoms with E-state index in [9.17, 15) is 9.50 Å². The molecule has 1 aromatic rings. The third-order valence-corrected chi connectivity index (χ3v) is 4.13. The quantitative estimate of drug-likeness (QED) is 0.801. The van der Waals surface area contributed by atoms with Gasteiger partial charge in [-0.1, -0.05) is 38.4 Å². The van der Waals surface area contributed by atoms with Gasteiger partial charge >= 0.3 is 0 Å². The summed E-state index contributed by atoms with van der Waals surface area (Å²) < 4.78 is 13.9. The first-order valence-corrected chi connectivity index (χ1v) is 6.31. The number of rotatable bonds is 1. The van der Waals surface area contributed by atoms with Crippen LogP contribution in [0.25, 0.3) is 0 Å². The van der Waals surface area contributed by atoms with Gasteiger partial charge in [0.15, 0.2) is 0 Å². The lowest BCUT2D eigenvalue weighted by Crippen LogP contribution is -2.30. The van der Waals surface area contributed by atoms with E-state index in [-0.39, 0.29) is 16.9 Å². The molecule has 17 heavy (non-hydrogen) atoms. The van der Waals surface area contributed by atoms with Gasteiger partial charge in [0.25, 0.3) is 0 Å². The molecule has 2 rings (SSSR count). The Kier molecular flexibility index (Phi) is 2.99. The van der Waals surface area contributed by atoms with Crippen molar-refractivity contribution in [2.45, 2.75) is 39.2 Å². The maximum Gasteiger partial charge on any atom is 0.130 e. The molecule has 0 saturated heterocycles. The van der Waals surface area contributed by atoms with E-state index >= 15 is 0 Å². The molecule has 2 unspecified atom stereocenters. The molecule has 0 bridgehead atoms. The average Bonchev–Trinajstić information content (AvgIpc) is 2.35. The van der Waals surface area contributed by atoms with E-state index < -0.39 is 11.4 Å². The van der Waals surface area contributed by atoms with Gasteiger partial charge in [0, 0.05) is 10.6 Å². The summed E-state index contributed by atoms with van der Waals surface area (Å²) >= 11 is 6.06. The van der Waals surface area contributed by atoms with Crippen LogP contribution in [0.1, 0.15) is 39.2 Å². The highest BCUT2D eigenvalue weighted by Gasteiger charge is 2.50. The fraction of sp³-hybridized carbons (Fsp3) is 0.571. The van der Waals surface area contributed by atoms with Crippen molar-refractivity contribution in [2.24, 2.45) is 11.3 Å². The van der Waals surface area contributed by atoms with Crippen molar-refractivity contribution in [3.8, 4) is 0 Å². The van der Waals surface area contributed by atoms with Crippen molar-refractivity contribution in [3.63, 3.8) is 0 Å². The summed E-state index contributed by atoms with van der Waals surface area (Å²) in [6.07, 6.45) is 1.41. The number of benzene rings is 1. The second kappa shape index (κ2) is 3.96. The van der Waals surface area contributed by atoms with Crippen molar-refractivity contribution >= 4 is 11.6 Å². The molecule has 2 atom stereocenters. The van der Waals surface area contributed by atoms with Crippen LogP contribution in [0, 0.1) is 17.2 Å². The zero-order valence-electron chi connectivity index (χ0n) is 10.4. The number of hydrogen-bond acceptors (Lipinski definition) is 1. The van der Waals surface area contributed by atoms with Gasteiger partial charge in [-0.05, 0) is 36.3 Å². The molecule has 3 heteroatoms. The van der Waals surface area contributed by atoms with Crippen molar-refractivity contribution in [3.05, 3.63) is 34.6 Å². The highest BCUT2D eigenvalue weighted by Crippen LogP contribution is 2.54. The average molecular weight is 257 g/mol. The molecule has 1 nitrogen and oxygen atoms in total. The van der Waals surface area contributed by atoms with Gasteiger partial charge in [0.2, 0.25) is 0 Å². The first-order chi connectivity index (χ1) is 7.76. The maximum atomic E-state index is 13.9. The smallest absolute Gasteiger partial charge is 0.130 e. The predicted octanol–water partition coefficient (Wildman–Crippen LogP) is 4.12. The Morgan fingerprint density at radius 2 is 2.06 bits per heavy atom. The van der Waals surface area contributed by atoms with Crippen LogP contribution in [0.4, 0.5) is 4.39 Å². The van der Waals surface area contributed by atoms with E-state index in [1.165, 1.54) is 6.07 Å². The zero-order valence-corrected chi connectivity index (χ0v) is 11.2. The molecule has 0 aliphatic heterocycles. The molecular formula is C14H18ClFO. The number of halogens is 2. The summed E-state index contributed by atoms with van der Waals surface area (Å²) in [6.45, 7) is 6.14. The van der Waals surface area contributed by atoms with Crippen LogP contribution in [0.15, 0.2) is 18.2 Å². The van der Waals surface area contributed by atoms with Crippen LogP contribution < -0.4 is 0 Å². The first kappa shape index (κ1) is 12.8. The zero-order chi connectivity index (χ0) is 12.8. The summed E-state index contributed by atoms with van der Waals surface area (Å²) in [5.74, 6) is -0.406. The molecule has 0 heterocycles. The van der Waals surface area contributed by atoms with Gasteiger partial charge in [0.05, 0.1) is 5.60 Å². The minimum Gasteiger partial charge on any atom is -0.385 e. The lowest BCUT2D eigenvalue weighted by Gasteiger charge is -2.30. The van der Waals surface area contributed by atoms with E-state index in [2.05, 4.69) is 13.8 Å².